The van der Waals surface area contributed by atoms with Gasteiger partial charge in [0.1, 0.15) is 17.9 Å². The summed E-state index contributed by atoms with van der Waals surface area (Å²) < 4.78 is 92.4. The normalized spacial score (nSPS) is 31.7. The van der Waals surface area contributed by atoms with Gasteiger partial charge in [-0.25, -0.2) is 13.2 Å². The lowest BCUT2D eigenvalue weighted by Crippen LogP contribution is -2.67. The predicted octanol–water partition coefficient (Wildman–Crippen LogP) is 5.12. The molecular formula is C22H33Cl3F6N2O4. The SMILES string of the molecule is CC(C)(C)OC(O)NCC1=C(Cl)CC(C(O)NC2C(Cl)CC(C(F)(C(C)(F)F)C(F)(F)F)OC2Cl)CC1. The van der Waals surface area contributed by atoms with Crippen LogP contribution in [0.4, 0.5) is 26.3 Å². The molecule has 1 aliphatic heterocycles. The van der Waals surface area contributed by atoms with Crippen LogP contribution in [0.1, 0.15) is 53.4 Å². The van der Waals surface area contributed by atoms with Gasteiger partial charge in [0.2, 0.25) is 6.41 Å². The molecule has 2 rings (SSSR count). The molecule has 6 nitrogen and oxygen atoms in total. The molecule has 218 valence electrons. The molecule has 0 aromatic heterocycles. The van der Waals surface area contributed by atoms with Crippen molar-refractivity contribution in [2.24, 2.45) is 5.92 Å². The van der Waals surface area contributed by atoms with Crippen LogP contribution in [-0.4, -0.2) is 75.9 Å². The Kier molecular flexibility index (Phi) is 10.9. The third-order valence-electron chi connectivity index (χ3n) is 6.31. The van der Waals surface area contributed by atoms with Gasteiger partial charge in [0.05, 0.1) is 17.0 Å². The van der Waals surface area contributed by atoms with Crippen LogP contribution in [0.3, 0.4) is 0 Å². The number of hydrogen-bond donors (Lipinski definition) is 4. The average Bonchev–Trinajstić information content (AvgIpc) is 2.71. The fourth-order valence-electron chi connectivity index (χ4n) is 4.31. The van der Waals surface area contributed by atoms with Gasteiger partial charge in [-0.05, 0) is 52.0 Å². The maximum Gasteiger partial charge on any atom is 0.431 e. The zero-order valence-corrected chi connectivity index (χ0v) is 23.0. The van der Waals surface area contributed by atoms with Crippen LogP contribution in [0.15, 0.2) is 10.6 Å². The fraction of sp³-hybridized carbons (Fsp3) is 0.909. The Hall–Kier alpha value is -0.0500. The number of hydrogen-bond acceptors (Lipinski definition) is 6. The van der Waals surface area contributed by atoms with E-state index >= 15 is 0 Å². The van der Waals surface area contributed by atoms with E-state index in [9.17, 15) is 36.6 Å². The molecule has 1 aliphatic carbocycles. The van der Waals surface area contributed by atoms with Gasteiger partial charge in [0.15, 0.2) is 0 Å². The number of aliphatic hydroxyl groups excluding tert-OH is 2. The van der Waals surface area contributed by atoms with Crippen molar-refractivity contribution >= 4 is 34.8 Å². The van der Waals surface area contributed by atoms with Crippen molar-refractivity contribution in [2.45, 2.75) is 112 Å². The highest BCUT2D eigenvalue weighted by Crippen LogP contribution is 2.51. The predicted molar refractivity (Wildman–Crippen MR) is 127 cm³/mol. The number of ether oxygens (including phenoxy) is 2. The molecule has 37 heavy (non-hydrogen) atoms. The Bertz CT molecular complexity index is 783. The second kappa shape index (κ2) is 12.2. The topological polar surface area (TPSA) is 83.0 Å². The quantitative estimate of drug-likeness (QED) is 0.165. The van der Waals surface area contributed by atoms with E-state index in [1.165, 1.54) is 0 Å². The van der Waals surface area contributed by atoms with Crippen LogP contribution < -0.4 is 10.6 Å². The smallest absolute Gasteiger partial charge is 0.378 e. The van der Waals surface area contributed by atoms with E-state index in [1.54, 1.807) is 20.8 Å². The number of halogens is 9. The Morgan fingerprint density at radius 3 is 2.14 bits per heavy atom. The minimum Gasteiger partial charge on any atom is -0.378 e. The van der Waals surface area contributed by atoms with Gasteiger partial charge in [0.25, 0.3) is 11.6 Å². The first-order valence-electron chi connectivity index (χ1n) is 11.6. The van der Waals surface area contributed by atoms with Crippen LogP contribution in [0, 0.1) is 5.92 Å². The zero-order chi connectivity index (χ0) is 28.6. The van der Waals surface area contributed by atoms with E-state index in [4.69, 9.17) is 44.3 Å². The maximum absolute atomic E-state index is 14.8. The van der Waals surface area contributed by atoms with Crippen molar-refractivity contribution in [3.8, 4) is 0 Å². The number of nitrogens with one attached hydrogen (secondary N) is 2. The first kappa shape index (κ1) is 33.2. The van der Waals surface area contributed by atoms with Crippen LogP contribution in [0.5, 0.6) is 0 Å². The summed E-state index contributed by atoms with van der Waals surface area (Å²) >= 11 is 18.5. The highest BCUT2D eigenvalue weighted by Gasteiger charge is 2.74. The lowest BCUT2D eigenvalue weighted by molar-refractivity contribution is -0.335. The molecule has 4 N–H and O–H groups in total. The molecule has 0 radical (unpaired) electrons. The third kappa shape index (κ3) is 8.23. The van der Waals surface area contributed by atoms with E-state index in [-0.39, 0.29) is 19.9 Å². The molecule has 0 amide bonds. The van der Waals surface area contributed by atoms with E-state index in [2.05, 4.69) is 10.6 Å². The number of alkyl halides is 8. The summed E-state index contributed by atoms with van der Waals surface area (Å²) in [5.74, 6) is -5.27. The van der Waals surface area contributed by atoms with Crippen LogP contribution in [0.25, 0.3) is 0 Å². The zero-order valence-electron chi connectivity index (χ0n) is 20.7. The summed E-state index contributed by atoms with van der Waals surface area (Å²) in [4.78, 5) is 0. The summed E-state index contributed by atoms with van der Waals surface area (Å²) in [5.41, 5.74) is -6.53. The Balaban J connectivity index is 1.99. The van der Waals surface area contributed by atoms with Crippen molar-refractivity contribution in [1.29, 1.82) is 0 Å². The van der Waals surface area contributed by atoms with Gasteiger partial charge in [-0.1, -0.05) is 23.2 Å². The standard InChI is InChI=1S/C22H33Cl3F6N2O4/c1-19(2,3)37-18(35)32-9-11-6-5-10(7-12(11)23)17(34)33-15-13(24)8-14(36-16(15)25)21(28,20(4,26)27)22(29,30)31/h10,13-18,32-35H,5-9H2,1-4H3. The van der Waals surface area contributed by atoms with Crippen LogP contribution in [-0.2, 0) is 9.47 Å². The fourth-order valence-corrected chi connectivity index (χ4v) is 5.48. The van der Waals surface area contributed by atoms with Crippen molar-refractivity contribution in [3.05, 3.63) is 10.6 Å². The van der Waals surface area contributed by atoms with Crippen molar-refractivity contribution in [2.75, 3.05) is 6.54 Å². The Morgan fingerprint density at radius 1 is 1.08 bits per heavy atom. The summed E-state index contributed by atoms with van der Waals surface area (Å²) in [7, 11) is 0. The second-order valence-corrected chi connectivity index (χ2v) is 11.9. The molecule has 0 aromatic rings. The van der Waals surface area contributed by atoms with E-state index in [0.29, 0.717) is 17.9 Å². The second-order valence-electron chi connectivity index (χ2n) is 10.4. The lowest BCUT2D eigenvalue weighted by Gasteiger charge is -2.45. The summed E-state index contributed by atoms with van der Waals surface area (Å²) in [5, 5.41) is 25.1. The molecule has 0 bridgehead atoms. The van der Waals surface area contributed by atoms with Crippen molar-refractivity contribution < 1.29 is 46.0 Å². The number of allylic oxidation sites excluding steroid dienone is 1. The molecule has 8 unspecified atom stereocenters. The van der Waals surface area contributed by atoms with E-state index in [0.717, 1.165) is 5.57 Å². The molecule has 2 aliphatic rings. The van der Waals surface area contributed by atoms with Gasteiger partial charge in [-0.15, -0.1) is 11.6 Å². The molecule has 15 heteroatoms. The molecule has 1 saturated heterocycles. The third-order valence-corrected chi connectivity index (χ3v) is 7.55. The summed E-state index contributed by atoms with van der Waals surface area (Å²) in [6, 6.07) is -1.17. The molecule has 0 spiro atoms. The minimum atomic E-state index is -5.95. The largest absolute Gasteiger partial charge is 0.431 e. The van der Waals surface area contributed by atoms with Crippen LogP contribution in [0.2, 0.25) is 0 Å². The van der Waals surface area contributed by atoms with Gasteiger partial charge in [-0.2, -0.15) is 13.2 Å². The maximum atomic E-state index is 14.8. The Morgan fingerprint density at radius 2 is 1.68 bits per heavy atom. The van der Waals surface area contributed by atoms with Crippen molar-refractivity contribution in [3.63, 3.8) is 0 Å². The Labute approximate surface area is 227 Å². The number of rotatable bonds is 9. The highest BCUT2D eigenvalue weighted by molar-refractivity contribution is 6.30. The van der Waals surface area contributed by atoms with Gasteiger partial charge in [-0.3, -0.25) is 10.6 Å². The first-order valence-corrected chi connectivity index (χ1v) is 12.9. The monoisotopic (exact) mass is 608 g/mol. The highest BCUT2D eigenvalue weighted by atomic mass is 35.5. The van der Waals surface area contributed by atoms with Crippen molar-refractivity contribution in [1.82, 2.24) is 10.6 Å². The lowest BCUT2D eigenvalue weighted by atomic mass is 9.85. The first-order chi connectivity index (χ1) is 16.7. The summed E-state index contributed by atoms with van der Waals surface area (Å²) in [6.45, 7) is 5.39. The molecule has 0 saturated carbocycles. The molecule has 1 heterocycles. The summed E-state index contributed by atoms with van der Waals surface area (Å²) in [6.07, 6.45) is -10.9. The van der Waals surface area contributed by atoms with E-state index in [1.807, 2.05) is 0 Å². The average molecular weight is 610 g/mol. The molecule has 0 aromatic carbocycles. The minimum absolute atomic E-state index is 0.188. The molecule has 8 atom stereocenters. The molecular weight excluding hydrogens is 577 g/mol. The van der Waals surface area contributed by atoms with E-state index < -0.39 is 71.4 Å². The van der Waals surface area contributed by atoms with Gasteiger partial charge in [0, 0.05) is 24.4 Å². The van der Waals surface area contributed by atoms with Gasteiger partial charge < -0.3 is 19.7 Å². The number of aliphatic hydroxyl groups is 2. The van der Waals surface area contributed by atoms with Gasteiger partial charge >= 0.3 is 6.18 Å². The van der Waals surface area contributed by atoms with Crippen LogP contribution >= 0.6 is 34.8 Å². The molecule has 1 fully saturated rings.